The highest BCUT2D eigenvalue weighted by Gasteiger charge is 2.15. The Kier molecular flexibility index (Phi) is 5.57. The fourth-order valence-electron chi connectivity index (χ4n) is 3.91. The lowest BCUT2D eigenvalue weighted by molar-refractivity contribution is 0.355. The molecule has 0 aliphatic rings. The average Bonchev–Trinajstić information content (AvgIpc) is 3.30. The first-order valence-corrected chi connectivity index (χ1v) is 10.7. The number of ether oxygens (including phenoxy) is 2. The summed E-state index contributed by atoms with van der Waals surface area (Å²) in [5.41, 5.74) is 6.99. The number of furan rings is 1. The number of hydrogen-bond donors (Lipinski definition) is 0. The lowest BCUT2D eigenvalue weighted by atomic mass is 9.98. The van der Waals surface area contributed by atoms with Gasteiger partial charge in [0, 0.05) is 33.7 Å². The molecule has 3 heteroatoms. The third-order valence-electron chi connectivity index (χ3n) is 5.63. The summed E-state index contributed by atoms with van der Waals surface area (Å²) in [6, 6.07) is 30.5. The monoisotopic (exact) mass is 430 g/mol. The molecule has 0 radical (unpaired) electrons. The van der Waals surface area contributed by atoms with Crippen molar-refractivity contribution in [3.8, 4) is 45.6 Å². The van der Waals surface area contributed by atoms with E-state index in [1.54, 1.807) is 20.5 Å². The minimum absolute atomic E-state index is 0.637. The summed E-state index contributed by atoms with van der Waals surface area (Å²) < 4.78 is 16.7. The molecule has 0 aliphatic carbocycles. The number of fused-ring (bicyclic) bond motifs is 1. The molecule has 0 bridgehead atoms. The van der Waals surface area contributed by atoms with Gasteiger partial charge in [0.15, 0.2) is 11.5 Å². The summed E-state index contributed by atoms with van der Waals surface area (Å²) in [7, 11) is 3.25. The van der Waals surface area contributed by atoms with E-state index in [4.69, 9.17) is 13.9 Å². The zero-order chi connectivity index (χ0) is 22.6. The molecule has 5 aromatic rings. The smallest absolute Gasteiger partial charge is 0.164 e. The van der Waals surface area contributed by atoms with Gasteiger partial charge in [-0.3, -0.25) is 0 Å². The standard InChI is InChI=1S/C30H22O3/c1-31-29-18-26-27(20-33-28(26)19-30(29)32-2)25-11-7-6-10-24(25)17-14-21-12-15-23(16-13-21)22-8-4-3-5-9-22/h3-13,15-16,18-20H,1-2H3. The third-order valence-corrected chi connectivity index (χ3v) is 5.63. The number of benzene rings is 4. The molecule has 0 N–H and O–H groups in total. The number of hydrogen-bond acceptors (Lipinski definition) is 3. The van der Waals surface area contributed by atoms with E-state index < -0.39 is 0 Å². The quantitative estimate of drug-likeness (QED) is 0.283. The normalized spacial score (nSPS) is 10.5. The Labute approximate surface area is 193 Å². The van der Waals surface area contributed by atoms with E-state index in [0.717, 1.165) is 33.2 Å². The van der Waals surface area contributed by atoms with Crippen molar-refractivity contribution in [2.45, 2.75) is 0 Å². The molecule has 0 saturated carbocycles. The second kappa shape index (κ2) is 8.98. The van der Waals surface area contributed by atoms with Crippen molar-refractivity contribution >= 4 is 11.0 Å². The van der Waals surface area contributed by atoms with Crippen LogP contribution in [0.3, 0.4) is 0 Å². The van der Waals surface area contributed by atoms with E-state index in [0.29, 0.717) is 11.5 Å². The molecule has 0 aliphatic heterocycles. The number of rotatable bonds is 4. The molecular weight excluding hydrogens is 408 g/mol. The lowest BCUT2D eigenvalue weighted by Crippen LogP contribution is -1.90. The maximum Gasteiger partial charge on any atom is 0.164 e. The van der Waals surface area contributed by atoms with Crippen molar-refractivity contribution in [3.63, 3.8) is 0 Å². The van der Waals surface area contributed by atoms with Gasteiger partial charge in [-0.25, -0.2) is 0 Å². The van der Waals surface area contributed by atoms with Crippen molar-refractivity contribution in [1.82, 2.24) is 0 Å². The third kappa shape index (κ3) is 4.07. The van der Waals surface area contributed by atoms with Gasteiger partial charge < -0.3 is 13.9 Å². The SMILES string of the molecule is COc1cc2occ(-c3ccccc3C#Cc3ccc(-c4ccccc4)cc3)c2cc1OC. The fourth-order valence-corrected chi connectivity index (χ4v) is 3.91. The molecule has 0 amide bonds. The number of methoxy groups -OCH3 is 2. The lowest BCUT2D eigenvalue weighted by Gasteiger charge is -2.08. The van der Waals surface area contributed by atoms with Crippen molar-refractivity contribution in [1.29, 1.82) is 0 Å². The maximum absolute atomic E-state index is 5.83. The van der Waals surface area contributed by atoms with Gasteiger partial charge in [0.2, 0.25) is 0 Å². The van der Waals surface area contributed by atoms with Crippen LogP contribution in [0.1, 0.15) is 11.1 Å². The van der Waals surface area contributed by atoms with Crippen LogP contribution >= 0.6 is 0 Å². The van der Waals surface area contributed by atoms with Crippen LogP contribution in [0.15, 0.2) is 102 Å². The van der Waals surface area contributed by atoms with E-state index in [2.05, 4.69) is 54.3 Å². The van der Waals surface area contributed by atoms with E-state index in [1.165, 1.54) is 11.1 Å². The molecule has 3 nitrogen and oxygen atoms in total. The molecular formula is C30H22O3. The van der Waals surface area contributed by atoms with Crippen LogP contribution in [0.25, 0.3) is 33.2 Å². The van der Waals surface area contributed by atoms with E-state index >= 15 is 0 Å². The maximum atomic E-state index is 5.83. The zero-order valence-electron chi connectivity index (χ0n) is 18.5. The molecule has 1 heterocycles. The Hall–Kier alpha value is -4.42. The topological polar surface area (TPSA) is 31.6 Å². The highest BCUT2D eigenvalue weighted by molar-refractivity contribution is 5.97. The first-order chi connectivity index (χ1) is 16.3. The summed E-state index contributed by atoms with van der Waals surface area (Å²) in [4.78, 5) is 0. The van der Waals surface area contributed by atoms with Crippen LogP contribution in [0.4, 0.5) is 0 Å². The molecule has 0 saturated heterocycles. The van der Waals surface area contributed by atoms with Gasteiger partial charge in [0.05, 0.1) is 20.5 Å². The Morgan fingerprint density at radius 2 is 1.30 bits per heavy atom. The molecule has 0 spiro atoms. The summed E-state index contributed by atoms with van der Waals surface area (Å²) in [6.45, 7) is 0. The second-order valence-electron chi connectivity index (χ2n) is 7.59. The Morgan fingerprint density at radius 1 is 0.636 bits per heavy atom. The minimum atomic E-state index is 0.637. The van der Waals surface area contributed by atoms with Gasteiger partial charge in [-0.15, -0.1) is 0 Å². The van der Waals surface area contributed by atoms with Crippen molar-refractivity contribution < 1.29 is 13.9 Å². The van der Waals surface area contributed by atoms with E-state index in [9.17, 15) is 0 Å². The van der Waals surface area contributed by atoms with Gasteiger partial charge in [-0.05, 0) is 35.4 Å². The Balaban J connectivity index is 1.51. The molecule has 160 valence electrons. The summed E-state index contributed by atoms with van der Waals surface area (Å²) in [5, 5.41) is 0.953. The molecule has 1 aromatic heterocycles. The van der Waals surface area contributed by atoms with E-state index in [-0.39, 0.29) is 0 Å². The Bertz CT molecular complexity index is 1470. The molecule has 0 unspecified atom stereocenters. The van der Waals surface area contributed by atoms with Crippen LogP contribution < -0.4 is 9.47 Å². The zero-order valence-corrected chi connectivity index (χ0v) is 18.5. The fraction of sp³-hybridized carbons (Fsp3) is 0.0667. The van der Waals surface area contributed by atoms with Crippen LogP contribution in [-0.2, 0) is 0 Å². The molecule has 5 rings (SSSR count). The molecule has 4 aromatic carbocycles. The van der Waals surface area contributed by atoms with Crippen LogP contribution in [0, 0.1) is 11.8 Å². The van der Waals surface area contributed by atoms with Crippen LogP contribution in [-0.4, -0.2) is 14.2 Å². The van der Waals surface area contributed by atoms with Gasteiger partial charge >= 0.3 is 0 Å². The van der Waals surface area contributed by atoms with Gasteiger partial charge in [-0.2, -0.15) is 0 Å². The predicted molar refractivity (Wildman–Crippen MR) is 133 cm³/mol. The first kappa shape index (κ1) is 20.5. The molecule has 33 heavy (non-hydrogen) atoms. The minimum Gasteiger partial charge on any atom is -0.493 e. The van der Waals surface area contributed by atoms with Crippen LogP contribution in [0.5, 0.6) is 11.5 Å². The van der Waals surface area contributed by atoms with Gasteiger partial charge in [-0.1, -0.05) is 72.5 Å². The van der Waals surface area contributed by atoms with Crippen molar-refractivity contribution in [3.05, 3.63) is 108 Å². The van der Waals surface area contributed by atoms with Gasteiger partial charge in [0.1, 0.15) is 5.58 Å². The summed E-state index contributed by atoms with van der Waals surface area (Å²) in [5.74, 6) is 7.95. The first-order valence-electron chi connectivity index (χ1n) is 10.7. The average molecular weight is 431 g/mol. The van der Waals surface area contributed by atoms with Crippen molar-refractivity contribution in [2.75, 3.05) is 14.2 Å². The highest BCUT2D eigenvalue weighted by atomic mass is 16.5. The van der Waals surface area contributed by atoms with Gasteiger partial charge in [0.25, 0.3) is 0 Å². The van der Waals surface area contributed by atoms with Crippen molar-refractivity contribution in [2.24, 2.45) is 0 Å². The largest absolute Gasteiger partial charge is 0.493 e. The van der Waals surface area contributed by atoms with Crippen LogP contribution in [0.2, 0.25) is 0 Å². The summed E-state index contributed by atoms with van der Waals surface area (Å²) in [6.07, 6.45) is 1.76. The summed E-state index contributed by atoms with van der Waals surface area (Å²) >= 11 is 0. The Morgan fingerprint density at radius 3 is 2.06 bits per heavy atom. The highest BCUT2D eigenvalue weighted by Crippen LogP contribution is 2.39. The molecule has 0 atom stereocenters. The second-order valence-corrected chi connectivity index (χ2v) is 7.59. The van der Waals surface area contributed by atoms with E-state index in [1.807, 2.05) is 48.5 Å². The molecule has 0 fully saturated rings. The predicted octanol–water partition coefficient (Wildman–Crippen LogP) is 7.18.